The van der Waals surface area contributed by atoms with Crippen LogP contribution in [-0.2, 0) is 0 Å². The number of para-hydroxylation sites is 3. The number of furan rings is 1. The molecule has 10 aromatic rings. The van der Waals surface area contributed by atoms with Crippen molar-refractivity contribution in [2.75, 3.05) is 4.90 Å². The van der Waals surface area contributed by atoms with Gasteiger partial charge in [0.05, 0.1) is 0 Å². The second-order valence-corrected chi connectivity index (χ2v) is 13.2. The normalized spacial score (nSPS) is 11.8. The molecule has 0 bridgehead atoms. The van der Waals surface area contributed by atoms with E-state index in [2.05, 4.69) is 163 Å². The fourth-order valence-corrected chi connectivity index (χ4v) is 8.45. The minimum Gasteiger partial charge on any atom is -0.455 e. The van der Waals surface area contributed by atoms with Crippen LogP contribution in [0.3, 0.4) is 0 Å². The molecule has 0 saturated heterocycles. The fourth-order valence-electron chi connectivity index (χ4n) is 7.25. The molecule has 0 fully saturated rings. The van der Waals surface area contributed by atoms with Crippen LogP contribution in [0, 0.1) is 0 Å². The van der Waals surface area contributed by atoms with E-state index in [-0.39, 0.29) is 0 Å². The van der Waals surface area contributed by atoms with Gasteiger partial charge < -0.3 is 9.32 Å². The molecule has 0 unspecified atom stereocenters. The van der Waals surface area contributed by atoms with Crippen molar-refractivity contribution in [2.45, 2.75) is 0 Å². The molecule has 3 heteroatoms. The van der Waals surface area contributed by atoms with Crippen molar-refractivity contribution in [2.24, 2.45) is 0 Å². The average Bonchev–Trinajstić information content (AvgIpc) is 3.70. The highest BCUT2D eigenvalue weighted by atomic mass is 32.1. The first-order valence-corrected chi connectivity index (χ1v) is 16.7. The largest absolute Gasteiger partial charge is 0.455 e. The first kappa shape index (κ1) is 26.3. The molecule has 2 aromatic heterocycles. The van der Waals surface area contributed by atoms with Crippen LogP contribution in [0.2, 0.25) is 0 Å². The van der Waals surface area contributed by atoms with Crippen molar-refractivity contribution < 1.29 is 4.42 Å². The highest BCUT2D eigenvalue weighted by Gasteiger charge is 2.19. The zero-order chi connectivity index (χ0) is 30.9. The molecule has 10 rings (SSSR count). The van der Waals surface area contributed by atoms with Crippen LogP contribution in [0.4, 0.5) is 17.1 Å². The lowest BCUT2D eigenvalue weighted by Gasteiger charge is -2.26. The highest BCUT2D eigenvalue weighted by Crippen LogP contribution is 2.47. The van der Waals surface area contributed by atoms with Gasteiger partial charge in [-0.25, -0.2) is 0 Å². The van der Waals surface area contributed by atoms with Crippen LogP contribution < -0.4 is 4.90 Å². The van der Waals surface area contributed by atoms with Crippen LogP contribution in [0.5, 0.6) is 0 Å². The molecule has 0 radical (unpaired) electrons. The van der Waals surface area contributed by atoms with Crippen molar-refractivity contribution in [3.63, 3.8) is 0 Å². The molecule has 0 aliphatic heterocycles. The number of fused-ring (bicyclic) bond motifs is 9. The van der Waals surface area contributed by atoms with E-state index in [1.54, 1.807) is 0 Å². The third kappa shape index (κ3) is 4.10. The van der Waals surface area contributed by atoms with E-state index in [0.29, 0.717) is 0 Å². The van der Waals surface area contributed by atoms with E-state index in [4.69, 9.17) is 4.42 Å². The summed E-state index contributed by atoms with van der Waals surface area (Å²) in [7, 11) is 0. The summed E-state index contributed by atoms with van der Waals surface area (Å²) in [6.45, 7) is 0. The topological polar surface area (TPSA) is 16.4 Å². The van der Waals surface area contributed by atoms with Crippen molar-refractivity contribution >= 4 is 92.1 Å². The van der Waals surface area contributed by atoms with Crippen molar-refractivity contribution in [1.82, 2.24) is 0 Å². The van der Waals surface area contributed by atoms with Crippen LogP contribution in [0.1, 0.15) is 0 Å². The van der Waals surface area contributed by atoms with Gasteiger partial charge in [-0.15, -0.1) is 11.3 Å². The maximum absolute atomic E-state index is 6.54. The van der Waals surface area contributed by atoms with Crippen LogP contribution >= 0.6 is 11.3 Å². The van der Waals surface area contributed by atoms with E-state index >= 15 is 0 Å². The lowest BCUT2D eigenvalue weighted by atomic mass is 9.94. The Morgan fingerprint density at radius 3 is 2.00 bits per heavy atom. The second-order valence-electron chi connectivity index (χ2n) is 12.1. The van der Waals surface area contributed by atoms with Gasteiger partial charge in [0.15, 0.2) is 0 Å². The molecule has 220 valence electrons. The second kappa shape index (κ2) is 10.3. The van der Waals surface area contributed by atoms with Crippen molar-refractivity contribution in [1.29, 1.82) is 0 Å². The molecule has 0 spiro atoms. The molecule has 0 aliphatic rings. The van der Waals surface area contributed by atoms with Crippen LogP contribution in [0.15, 0.2) is 168 Å². The van der Waals surface area contributed by atoms with E-state index in [1.165, 1.54) is 47.3 Å². The molecule has 0 aliphatic carbocycles. The molecule has 8 aromatic carbocycles. The summed E-state index contributed by atoms with van der Waals surface area (Å²) in [5.41, 5.74) is 7.56. The zero-order valence-corrected chi connectivity index (χ0v) is 26.2. The molecular formula is C44H27NOS. The Kier molecular flexibility index (Phi) is 5.78. The predicted molar refractivity (Wildman–Crippen MR) is 202 cm³/mol. The number of hydrogen-bond acceptors (Lipinski definition) is 3. The van der Waals surface area contributed by atoms with E-state index in [9.17, 15) is 0 Å². The van der Waals surface area contributed by atoms with Gasteiger partial charge in [-0.2, -0.15) is 0 Å². The summed E-state index contributed by atoms with van der Waals surface area (Å²) in [6, 6.07) is 58.9. The first-order chi connectivity index (χ1) is 23.3. The summed E-state index contributed by atoms with van der Waals surface area (Å²) in [5.74, 6) is 0. The fraction of sp³-hybridized carbons (Fsp3) is 0. The van der Waals surface area contributed by atoms with Crippen molar-refractivity contribution in [3.05, 3.63) is 164 Å². The van der Waals surface area contributed by atoms with Crippen molar-refractivity contribution in [3.8, 4) is 11.1 Å². The minimum atomic E-state index is 0.917. The van der Waals surface area contributed by atoms with Crippen LogP contribution in [-0.4, -0.2) is 0 Å². The maximum atomic E-state index is 6.54. The minimum absolute atomic E-state index is 0.917. The Morgan fingerprint density at radius 2 is 1.11 bits per heavy atom. The molecular weight excluding hydrogens is 591 g/mol. The van der Waals surface area contributed by atoms with Gasteiger partial charge in [-0.3, -0.25) is 0 Å². The Morgan fingerprint density at radius 1 is 0.404 bits per heavy atom. The monoisotopic (exact) mass is 617 g/mol. The summed E-state index contributed by atoms with van der Waals surface area (Å²) < 4.78 is 9.13. The molecule has 2 heterocycles. The number of anilines is 3. The van der Waals surface area contributed by atoms with Gasteiger partial charge in [-0.1, -0.05) is 109 Å². The molecule has 0 saturated carbocycles. The van der Waals surface area contributed by atoms with Crippen LogP contribution in [0.25, 0.3) is 74.8 Å². The van der Waals surface area contributed by atoms with Gasteiger partial charge in [0.25, 0.3) is 0 Å². The summed E-state index contributed by atoms with van der Waals surface area (Å²) in [4.78, 5) is 2.37. The summed E-state index contributed by atoms with van der Waals surface area (Å²) >= 11 is 1.87. The molecule has 0 N–H and O–H groups in total. The SMILES string of the molecule is c1ccc(N(c2ccc3ccccc3c2)c2ccc3sc4c5ccccc5c(-c5cccc6c5oc5ccccc56)cc4c3c2)cc1. The average molecular weight is 618 g/mol. The molecule has 0 amide bonds. The van der Waals surface area contributed by atoms with Gasteiger partial charge in [0, 0.05) is 59.0 Å². The predicted octanol–water partition coefficient (Wildman–Crippen LogP) is 13.4. The van der Waals surface area contributed by atoms with E-state index in [0.717, 1.165) is 44.6 Å². The number of benzene rings is 8. The quantitative estimate of drug-likeness (QED) is 0.195. The lowest BCUT2D eigenvalue weighted by Crippen LogP contribution is -2.09. The number of rotatable bonds is 4. The third-order valence-electron chi connectivity index (χ3n) is 9.42. The summed E-state index contributed by atoms with van der Waals surface area (Å²) in [5, 5.41) is 9.79. The molecule has 0 atom stereocenters. The highest BCUT2D eigenvalue weighted by molar-refractivity contribution is 7.26. The smallest absolute Gasteiger partial charge is 0.143 e. The zero-order valence-electron chi connectivity index (χ0n) is 25.4. The number of thiophene rings is 1. The number of nitrogens with zero attached hydrogens (tertiary/aromatic N) is 1. The Balaban J connectivity index is 1.24. The van der Waals surface area contributed by atoms with Gasteiger partial charge in [0.1, 0.15) is 11.2 Å². The third-order valence-corrected chi connectivity index (χ3v) is 10.6. The summed E-state index contributed by atoms with van der Waals surface area (Å²) in [6.07, 6.45) is 0. The Labute approximate surface area is 275 Å². The molecule has 47 heavy (non-hydrogen) atoms. The van der Waals surface area contributed by atoms with E-state index < -0.39 is 0 Å². The van der Waals surface area contributed by atoms with Gasteiger partial charge in [-0.05, 0) is 76.3 Å². The van der Waals surface area contributed by atoms with Gasteiger partial charge in [0.2, 0.25) is 0 Å². The Bertz CT molecular complexity index is 2810. The molecule has 2 nitrogen and oxygen atoms in total. The number of hydrogen-bond donors (Lipinski definition) is 0. The Hall–Kier alpha value is -5.90. The van der Waals surface area contributed by atoms with Gasteiger partial charge >= 0.3 is 0 Å². The maximum Gasteiger partial charge on any atom is 0.143 e. The lowest BCUT2D eigenvalue weighted by molar-refractivity contribution is 0.670. The first-order valence-electron chi connectivity index (χ1n) is 15.9. The van der Waals surface area contributed by atoms with E-state index in [1.807, 2.05) is 17.4 Å². The standard InChI is InChI=1S/C44H27NOS/c1-2-13-30(14-3-1)45(31-22-21-28-11-4-5-12-29(28)25-31)32-23-24-42-39(26-32)40-27-38(33-15-6-7-17-37(33)44(40)47-42)36-19-10-18-35-34-16-8-9-20-41(34)46-43(35)36/h1-27H.